The molecule has 0 aliphatic carbocycles. The highest BCUT2D eigenvalue weighted by Gasteiger charge is 2.45. The Labute approximate surface area is 127 Å². The molecule has 0 bridgehead atoms. The van der Waals surface area contributed by atoms with Crippen molar-refractivity contribution in [1.29, 1.82) is 0 Å². The second-order valence-corrected chi connectivity index (χ2v) is 5.18. The first-order valence-electron chi connectivity index (χ1n) is 7.07. The van der Waals surface area contributed by atoms with Crippen LogP contribution in [-0.2, 0) is 4.74 Å². The Kier molecular flexibility index (Phi) is 5.52. The molecule has 1 saturated heterocycles. The second-order valence-electron chi connectivity index (χ2n) is 5.18. The summed E-state index contributed by atoms with van der Waals surface area (Å²) in [6.07, 6.45) is -4.26. The first-order valence-corrected chi connectivity index (χ1v) is 7.07. The van der Waals surface area contributed by atoms with Crippen LogP contribution >= 0.6 is 0 Å². The van der Waals surface area contributed by atoms with E-state index in [1.807, 2.05) is 0 Å². The van der Waals surface area contributed by atoms with Crippen LogP contribution in [0.5, 0.6) is 11.5 Å². The highest BCUT2D eigenvalue weighted by atomic mass is 19.4. The van der Waals surface area contributed by atoms with E-state index in [0.29, 0.717) is 24.7 Å². The molecule has 1 N–H and O–H groups in total. The summed E-state index contributed by atoms with van der Waals surface area (Å²) in [5, 5.41) is 2.85. The lowest BCUT2D eigenvalue weighted by atomic mass is 10.1. The van der Waals surface area contributed by atoms with Crippen LogP contribution in [0.3, 0.4) is 0 Å². The molecule has 1 aliphatic rings. The van der Waals surface area contributed by atoms with Gasteiger partial charge in [0.15, 0.2) is 11.5 Å². The van der Waals surface area contributed by atoms with Crippen LogP contribution in [0.4, 0.5) is 13.2 Å². The molecule has 7 heteroatoms. The number of benzene rings is 1. The van der Waals surface area contributed by atoms with Gasteiger partial charge in [0.1, 0.15) is 0 Å². The van der Waals surface area contributed by atoms with Gasteiger partial charge in [-0.3, -0.25) is 0 Å². The Balaban J connectivity index is 1.98. The van der Waals surface area contributed by atoms with Gasteiger partial charge in [-0.1, -0.05) is 6.07 Å². The second kappa shape index (κ2) is 7.19. The molecular formula is C15H20F3NO3. The van der Waals surface area contributed by atoms with Crippen molar-refractivity contribution in [2.75, 3.05) is 27.4 Å². The monoisotopic (exact) mass is 319 g/mol. The molecule has 0 saturated carbocycles. The topological polar surface area (TPSA) is 49.6 Å². The molecule has 0 aromatic heterocycles. The van der Waals surface area contributed by atoms with Crippen molar-refractivity contribution in [3.05, 3.63) is 23.8 Å². The number of rotatable bonds is 8. The summed E-state index contributed by atoms with van der Waals surface area (Å²) in [5.41, 5.74) is 0.775. The van der Waals surface area contributed by atoms with Gasteiger partial charge in [-0.2, -0.15) is 13.2 Å². The third kappa shape index (κ3) is 4.78. The smallest absolute Gasteiger partial charge is 0.390 e. The number of hydrogen-bond donors (Lipinski definition) is 1. The molecule has 1 heterocycles. The van der Waals surface area contributed by atoms with Gasteiger partial charge >= 0.3 is 6.18 Å². The van der Waals surface area contributed by atoms with Crippen LogP contribution in [0.1, 0.15) is 24.4 Å². The molecule has 4 nitrogen and oxygen atoms in total. The number of ether oxygens (including phenoxy) is 3. The third-order valence-corrected chi connectivity index (χ3v) is 3.44. The van der Waals surface area contributed by atoms with Gasteiger partial charge in [-0.25, -0.2) is 0 Å². The lowest BCUT2D eigenvalue weighted by Crippen LogP contribution is -2.12. The normalized spacial score (nSPS) is 20.8. The van der Waals surface area contributed by atoms with Crippen molar-refractivity contribution >= 4 is 0 Å². The molecule has 0 spiro atoms. The highest BCUT2D eigenvalue weighted by molar-refractivity contribution is 5.45. The summed E-state index contributed by atoms with van der Waals surface area (Å²) < 4.78 is 52.9. The first kappa shape index (κ1) is 16.9. The maximum Gasteiger partial charge on any atom is 0.390 e. The average molecular weight is 319 g/mol. The predicted octanol–water partition coefficient (Wildman–Crippen LogP) is 3.08. The van der Waals surface area contributed by atoms with Gasteiger partial charge in [0.2, 0.25) is 0 Å². The van der Waals surface area contributed by atoms with Crippen molar-refractivity contribution in [1.82, 2.24) is 5.32 Å². The van der Waals surface area contributed by atoms with E-state index in [1.165, 1.54) is 7.11 Å². The van der Waals surface area contributed by atoms with Gasteiger partial charge in [0, 0.05) is 32.2 Å². The fourth-order valence-electron chi connectivity index (χ4n) is 2.31. The Morgan fingerprint density at radius 3 is 2.55 bits per heavy atom. The van der Waals surface area contributed by atoms with Gasteiger partial charge < -0.3 is 19.5 Å². The number of alkyl halides is 3. The minimum absolute atomic E-state index is 0.283. The molecular weight excluding hydrogens is 299 g/mol. The van der Waals surface area contributed by atoms with Crippen LogP contribution < -0.4 is 14.8 Å². The molecule has 2 rings (SSSR count). The van der Waals surface area contributed by atoms with Gasteiger partial charge in [-0.15, -0.1) is 0 Å². The Morgan fingerprint density at radius 2 is 1.91 bits per heavy atom. The summed E-state index contributed by atoms with van der Waals surface area (Å²) in [7, 11) is 3.14. The molecule has 124 valence electrons. The molecule has 0 radical (unpaired) electrons. The number of methoxy groups -OCH3 is 2. The van der Waals surface area contributed by atoms with E-state index in [1.54, 1.807) is 25.3 Å². The zero-order valence-corrected chi connectivity index (χ0v) is 12.6. The first-order chi connectivity index (χ1) is 10.4. The molecule has 0 unspecified atom stereocenters. The van der Waals surface area contributed by atoms with Crippen LogP contribution in [0.2, 0.25) is 0 Å². The lowest BCUT2D eigenvalue weighted by Gasteiger charge is -2.12. The van der Waals surface area contributed by atoms with Gasteiger partial charge in [0.25, 0.3) is 0 Å². The molecule has 22 heavy (non-hydrogen) atoms. The van der Waals surface area contributed by atoms with E-state index >= 15 is 0 Å². The minimum Gasteiger partial charge on any atom is -0.493 e. The predicted molar refractivity (Wildman–Crippen MR) is 75.3 cm³/mol. The molecule has 1 aromatic carbocycles. The lowest BCUT2D eigenvalue weighted by molar-refractivity contribution is -0.134. The molecule has 1 fully saturated rings. The van der Waals surface area contributed by atoms with E-state index < -0.39 is 18.6 Å². The summed E-state index contributed by atoms with van der Waals surface area (Å²) in [6, 6.07) is 4.36. The number of hydrogen-bond acceptors (Lipinski definition) is 4. The van der Waals surface area contributed by atoms with Crippen LogP contribution in [0, 0.1) is 0 Å². The largest absolute Gasteiger partial charge is 0.493 e. The molecule has 1 aliphatic heterocycles. The maximum atomic E-state index is 12.4. The SMILES string of the molecule is COCCCOc1cc([C@H]2N[C@@H]2CC(F)(F)F)ccc1OC. The van der Waals surface area contributed by atoms with Crippen LogP contribution in [-0.4, -0.2) is 39.7 Å². The maximum absolute atomic E-state index is 12.4. The average Bonchev–Trinajstić information content (AvgIpc) is 3.20. The summed E-state index contributed by atoms with van der Waals surface area (Å²) in [4.78, 5) is 0. The Bertz CT molecular complexity index is 493. The van der Waals surface area contributed by atoms with Crippen molar-refractivity contribution < 1.29 is 27.4 Å². The van der Waals surface area contributed by atoms with Gasteiger partial charge in [-0.05, 0) is 17.7 Å². The van der Waals surface area contributed by atoms with Crippen molar-refractivity contribution in [3.63, 3.8) is 0 Å². The van der Waals surface area contributed by atoms with Crippen LogP contribution in [0.25, 0.3) is 0 Å². The Morgan fingerprint density at radius 1 is 1.14 bits per heavy atom. The van der Waals surface area contributed by atoms with Gasteiger partial charge in [0.05, 0.1) is 20.1 Å². The zero-order valence-electron chi connectivity index (χ0n) is 12.6. The fraction of sp³-hybridized carbons (Fsp3) is 0.600. The third-order valence-electron chi connectivity index (χ3n) is 3.44. The molecule has 0 amide bonds. The summed E-state index contributed by atoms with van der Waals surface area (Å²) >= 11 is 0. The molecule has 2 atom stereocenters. The summed E-state index contributed by atoms with van der Waals surface area (Å²) in [6.45, 7) is 1.04. The van der Waals surface area contributed by atoms with E-state index in [9.17, 15) is 13.2 Å². The van der Waals surface area contributed by atoms with E-state index in [-0.39, 0.29) is 6.04 Å². The highest BCUT2D eigenvalue weighted by Crippen LogP contribution is 2.40. The van der Waals surface area contributed by atoms with E-state index in [4.69, 9.17) is 14.2 Å². The quantitative estimate of drug-likeness (QED) is 0.591. The standard InChI is InChI=1S/C15H20F3NO3/c1-20-6-3-7-22-13-8-10(4-5-12(13)21-2)14-11(19-14)9-15(16,17)18/h4-5,8,11,14,19H,3,6-7,9H2,1-2H3/t11-,14-/m1/s1. The molecule has 1 aromatic rings. The van der Waals surface area contributed by atoms with E-state index in [2.05, 4.69) is 5.32 Å². The number of halogens is 3. The fourth-order valence-corrected chi connectivity index (χ4v) is 2.31. The Hall–Kier alpha value is -1.47. The zero-order chi connectivity index (χ0) is 16.2. The van der Waals surface area contributed by atoms with Crippen molar-refractivity contribution in [2.45, 2.75) is 31.1 Å². The van der Waals surface area contributed by atoms with Crippen LogP contribution in [0.15, 0.2) is 18.2 Å². The number of nitrogens with one attached hydrogen (secondary N) is 1. The van der Waals surface area contributed by atoms with E-state index in [0.717, 1.165) is 12.0 Å². The summed E-state index contributed by atoms with van der Waals surface area (Å²) in [5.74, 6) is 1.10. The minimum atomic E-state index is -4.15. The van der Waals surface area contributed by atoms with Crippen molar-refractivity contribution in [2.24, 2.45) is 0 Å². The van der Waals surface area contributed by atoms with Crippen molar-refractivity contribution in [3.8, 4) is 11.5 Å².